The number of carbonyl (C=O) groups excluding carboxylic acids is 2. The van der Waals surface area contributed by atoms with Gasteiger partial charge < -0.3 is 4.84 Å². The molecular formula is C19H14N2O3. The number of rotatable bonds is 3. The minimum atomic E-state index is -0.867. The smallest absolute Gasteiger partial charge is 0.278 e. The number of oxime groups is 1. The first-order valence-corrected chi connectivity index (χ1v) is 7.65. The zero-order valence-corrected chi connectivity index (χ0v) is 12.7. The lowest BCUT2D eigenvalue weighted by molar-refractivity contribution is -0.126. The Bertz CT molecular complexity index is 843. The average Bonchev–Trinajstić information content (AvgIpc) is 3.15. The molecule has 2 aliphatic heterocycles. The number of allylic oxidation sites excluding steroid dienone is 1. The molecule has 2 aromatic rings. The minimum absolute atomic E-state index is 0.301. The number of nitrogens with zero attached hydrogens (tertiary/aromatic N) is 2. The molecule has 2 heterocycles. The fourth-order valence-electron chi connectivity index (χ4n) is 2.92. The molecule has 1 fully saturated rings. The molecule has 5 nitrogen and oxygen atoms in total. The first-order valence-electron chi connectivity index (χ1n) is 7.65. The van der Waals surface area contributed by atoms with E-state index in [2.05, 4.69) is 5.16 Å². The Hall–Kier alpha value is -3.21. The van der Waals surface area contributed by atoms with E-state index < -0.39 is 12.0 Å². The van der Waals surface area contributed by atoms with Crippen molar-refractivity contribution in [2.24, 2.45) is 11.1 Å². The highest BCUT2D eigenvalue weighted by Crippen LogP contribution is 2.33. The molecule has 24 heavy (non-hydrogen) atoms. The molecule has 1 saturated heterocycles. The maximum Gasteiger partial charge on any atom is 0.278 e. The van der Waals surface area contributed by atoms with Crippen molar-refractivity contribution in [3.8, 4) is 0 Å². The monoisotopic (exact) mass is 318 g/mol. The second-order valence-electron chi connectivity index (χ2n) is 5.61. The summed E-state index contributed by atoms with van der Waals surface area (Å²) in [6.45, 7) is 0. The molecule has 5 heteroatoms. The van der Waals surface area contributed by atoms with Crippen LogP contribution >= 0.6 is 0 Å². The van der Waals surface area contributed by atoms with Crippen molar-refractivity contribution >= 4 is 29.3 Å². The number of fused-ring (bicyclic) bond motifs is 1. The predicted molar refractivity (Wildman–Crippen MR) is 90.2 cm³/mol. The molecule has 2 aliphatic rings. The molecule has 2 amide bonds. The third-order valence-electron chi connectivity index (χ3n) is 4.10. The van der Waals surface area contributed by atoms with Crippen molar-refractivity contribution in [2.45, 2.75) is 6.10 Å². The van der Waals surface area contributed by atoms with E-state index in [1.165, 1.54) is 4.90 Å². The lowest BCUT2D eigenvalue weighted by Crippen LogP contribution is -2.32. The number of imide groups is 1. The summed E-state index contributed by atoms with van der Waals surface area (Å²) in [5, 5.41) is 3.93. The molecule has 0 saturated carbocycles. The van der Waals surface area contributed by atoms with Crippen LogP contribution < -0.4 is 4.90 Å². The molecule has 0 radical (unpaired) electrons. The molecule has 2 atom stereocenters. The van der Waals surface area contributed by atoms with Crippen LogP contribution in [-0.4, -0.2) is 23.6 Å². The van der Waals surface area contributed by atoms with E-state index in [0.29, 0.717) is 11.4 Å². The van der Waals surface area contributed by atoms with E-state index in [1.54, 1.807) is 30.3 Å². The topological polar surface area (TPSA) is 59.0 Å². The van der Waals surface area contributed by atoms with Gasteiger partial charge in [-0.15, -0.1) is 0 Å². The third-order valence-corrected chi connectivity index (χ3v) is 4.10. The van der Waals surface area contributed by atoms with Gasteiger partial charge in [0, 0.05) is 0 Å². The van der Waals surface area contributed by atoms with Gasteiger partial charge in [-0.3, -0.25) is 9.59 Å². The van der Waals surface area contributed by atoms with Crippen molar-refractivity contribution in [2.75, 3.05) is 4.90 Å². The van der Waals surface area contributed by atoms with Gasteiger partial charge in [0.2, 0.25) is 12.0 Å². The van der Waals surface area contributed by atoms with E-state index in [9.17, 15) is 9.59 Å². The zero-order chi connectivity index (χ0) is 16.5. The molecule has 0 spiro atoms. The number of para-hydroxylation sites is 1. The molecule has 0 aliphatic carbocycles. The fourth-order valence-corrected chi connectivity index (χ4v) is 2.92. The Morgan fingerprint density at radius 3 is 2.25 bits per heavy atom. The number of anilines is 1. The number of benzene rings is 2. The number of hydrogen-bond acceptors (Lipinski definition) is 4. The minimum Gasteiger partial charge on any atom is -0.381 e. The van der Waals surface area contributed by atoms with Crippen LogP contribution in [0.3, 0.4) is 0 Å². The third kappa shape index (κ3) is 2.31. The molecule has 118 valence electrons. The first kappa shape index (κ1) is 14.4. The molecule has 4 rings (SSSR count). The zero-order valence-electron chi connectivity index (χ0n) is 12.7. The van der Waals surface area contributed by atoms with Crippen LogP contribution in [0.1, 0.15) is 5.56 Å². The molecule has 2 aromatic carbocycles. The predicted octanol–water partition coefficient (Wildman–Crippen LogP) is 2.64. The van der Waals surface area contributed by atoms with Crippen molar-refractivity contribution in [1.82, 2.24) is 0 Å². The summed E-state index contributed by atoms with van der Waals surface area (Å²) in [4.78, 5) is 31.6. The van der Waals surface area contributed by atoms with Gasteiger partial charge in [0.05, 0.1) is 11.4 Å². The van der Waals surface area contributed by atoms with E-state index in [-0.39, 0.29) is 11.8 Å². The van der Waals surface area contributed by atoms with Crippen LogP contribution in [0.5, 0.6) is 0 Å². The molecular weight excluding hydrogens is 304 g/mol. The SMILES string of the molecule is O=C1[C@H]2C(/C=C/c3ccccc3)=NO[C@@H]2C(=O)N1c1ccccc1. The normalized spacial score (nSPS) is 22.7. The van der Waals surface area contributed by atoms with Gasteiger partial charge in [-0.05, 0) is 23.8 Å². The highest BCUT2D eigenvalue weighted by molar-refractivity contribution is 6.31. The Kier molecular flexibility index (Phi) is 3.46. The number of carbonyl (C=O) groups is 2. The van der Waals surface area contributed by atoms with Crippen LogP contribution in [0.15, 0.2) is 71.9 Å². The summed E-state index contributed by atoms with van der Waals surface area (Å²) in [5.74, 6) is -1.36. The lowest BCUT2D eigenvalue weighted by atomic mass is 9.99. The maximum atomic E-state index is 12.7. The Morgan fingerprint density at radius 2 is 1.54 bits per heavy atom. The van der Waals surface area contributed by atoms with Crippen molar-refractivity contribution in [3.05, 3.63) is 72.3 Å². The fraction of sp³-hybridized carbons (Fsp3) is 0.105. The number of amides is 2. The molecule has 0 N–H and O–H groups in total. The van der Waals surface area contributed by atoms with E-state index in [4.69, 9.17) is 4.84 Å². The van der Waals surface area contributed by atoms with Gasteiger partial charge in [0.1, 0.15) is 5.92 Å². The van der Waals surface area contributed by atoms with Crippen molar-refractivity contribution in [3.63, 3.8) is 0 Å². The molecule has 0 bridgehead atoms. The summed E-state index contributed by atoms with van der Waals surface area (Å²) >= 11 is 0. The quantitative estimate of drug-likeness (QED) is 0.818. The number of hydrogen-bond donors (Lipinski definition) is 0. The van der Waals surface area contributed by atoms with Gasteiger partial charge in [-0.25, -0.2) is 4.90 Å². The van der Waals surface area contributed by atoms with Crippen molar-refractivity contribution < 1.29 is 14.4 Å². The highest BCUT2D eigenvalue weighted by Gasteiger charge is 2.55. The Labute approximate surface area is 138 Å². The van der Waals surface area contributed by atoms with Crippen LogP contribution in [0.4, 0.5) is 5.69 Å². The second-order valence-corrected chi connectivity index (χ2v) is 5.61. The van der Waals surface area contributed by atoms with Gasteiger partial charge in [0.15, 0.2) is 0 Å². The van der Waals surface area contributed by atoms with Crippen LogP contribution in [-0.2, 0) is 14.4 Å². The van der Waals surface area contributed by atoms with Crippen molar-refractivity contribution in [1.29, 1.82) is 0 Å². The average molecular weight is 318 g/mol. The van der Waals surface area contributed by atoms with Crippen LogP contribution in [0.25, 0.3) is 6.08 Å². The maximum absolute atomic E-state index is 12.7. The van der Waals surface area contributed by atoms with Gasteiger partial charge in [0.25, 0.3) is 5.91 Å². The van der Waals surface area contributed by atoms with E-state index >= 15 is 0 Å². The Balaban J connectivity index is 1.61. The molecule has 0 unspecified atom stereocenters. The van der Waals surface area contributed by atoms with Gasteiger partial charge in [-0.1, -0.05) is 59.8 Å². The summed E-state index contributed by atoms with van der Waals surface area (Å²) in [5.41, 5.74) is 2.01. The van der Waals surface area contributed by atoms with E-state index in [1.807, 2.05) is 42.5 Å². The van der Waals surface area contributed by atoms with Gasteiger partial charge in [-0.2, -0.15) is 0 Å². The first-order chi connectivity index (χ1) is 11.8. The highest BCUT2D eigenvalue weighted by atomic mass is 16.6. The van der Waals surface area contributed by atoms with Crippen LogP contribution in [0, 0.1) is 5.92 Å². The van der Waals surface area contributed by atoms with Gasteiger partial charge >= 0.3 is 0 Å². The molecule has 0 aromatic heterocycles. The Morgan fingerprint density at radius 1 is 0.875 bits per heavy atom. The standard InChI is InChI=1S/C19H14N2O3/c22-18-16-15(12-11-13-7-3-1-4-8-13)20-24-17(16)19(23)21(18)14-9-5-2-6-10-14/h1-12,16-17H/b12-11+/t16-,17-/m0/s1. The second kappa shape index (κ2) is 5.77. The summed E-state index contributed by atoms with van der Waals surface area (Å²) < 4.78 is 0. The van der Waals surface area contributed by atoms with Crippen LogP contribution in [0.2, 0.25) is 0 Å². The summed E-state index contributed by atoms with van der Waals surface area (Å²) in [7, 11) is 0. The summed E-state index contributed by atoms with van der Waals surface area (Å²) in [6.07, 6.45) is 2.72. The summed E-state index contributed by atoms with van der Waals surface area (Å²) in [6, 6.07) is 18.5. The van der Waals surface area contributed by atoms with E-state index in [0.717, 1.165) is 5.56 Å². The lowest BCUT2D eigenvalue weighted by Gasteiger charge is -2.14. The largest absolute Gasteiger partial charge is 0.381 e.